The van der Waals surface area contributed by atoms with Gasteiger partial charge in [0.1, 0.15) is 16.7 Å². The fraction of sp³-hybridized carbons (Fsp3) is 0.600. The lowest BCUT2D eigenvalue weighted by Gasteiger charge is -2.33. The van der Waals surface area contributed by atoms with Crippen LogP contribution in [0.4, 0.5) is 17.5 Å². The Labute approximate surface area is 211 Å². The van der Waals surface area contributed by atoms with Crippen LogP contribution in [0.15, 0.2) is 29.4 Å². The molecule has 1 amide bonds. The van der Waals surface area contributed by atoms with E-state index < -0.39 is 0 Å². The summed E-state index contributed by atoms with van der Waals surface area (Å²) < 4.78 is 3.34. The topological polar surface area (TPSA) is 115 Å². The molecule has 0 unspecified atom stereocenters. The summed E-state index contributed by atoms with van der Waals surface area (Å²) in [6.07, 6.45) is 8.26. The minimum Gasteiger partial charge on any atom is -0.394 e. The van der Waals surface area contributed by atoms with Gasteiger partial charge in [-0.25, -0.2) is 15.0 Å². The van der Waals surface area contributed by atoms with E-state index in [1.165, 1.54) is 24.8 Å². The molecule has 2 aromatic heterocycles. The van der Waals surface area contributed by atoms with E-state index >= 15 is 0 Å². The van der Waals surface area contributed by atoms with Crippen LogP contribution in [0.1, 0.15) is 69.8 Å². The maximum absolute atomic E-state index is 13.3. The number of hydrogen-bond donors (Lipinski definition) is 4. The largest absolute Gasteiger partial charge is 0.394 e. The Hall–Kier alpha value is -2.43. The molecule has 188 valence electrons. The summed E-state index contributed by atoms with van der Waals surface area (Å²) in [5, 5.41) is 16.7. The summed E-state index contributed by atoms with van der Waals surface area (Å²) >= 11 is 1.43. The second-order valence-corrected chi connectivity index (χ2v) is 12.1. The van der Waals surface area contributed by atoms with Crippen LogP contribution in [0, 0.1) is 5.41 Å². The first-order chi connectivity index (χ1) is 16.7. The zero-order valence-corrected chi connectivity index (χ0v) is 21.5. The molecule has 3 heterocycles. The molecule has 0 bridgehead atoms. The van der Waals surface area contributed by atoms with Gasteiger partial charge in [-0.05, 0) is 88.8 Å². The molecule has 0 atom stereocenters. The molecule has 4 N–H and O–H groups in total. The number of carbonyl (C=O) groups excluding carboxylic acids is 1. The van der Waals surface area contributed by atoms with Gasteiger partial charge in [-0.2, -0.15) is 0 Å². The molecule has 35 heavy (non-hydrogen) atoms. The number of pyridine rings is 1. The van der Waals surface area contributed by atoms with E-state index in [0.717, 1.165) is 43.8 Å². The lowest BCUT2D eigenvalue weighted by atomic mass is 9.93. The molecule has 10 heteroatoms. The Morgan fingerprint density at radius 2 is 1.83 bits per heavy atom. The van der Waals surface area contributed by atoms with Crippen LogP contribution in [0.25, 0.3) is 0 Å². The van der Waals surface area contributed by atoms with Gasteiger partial charge in [0.15, 0.2) is 11.5 Å². The van der Waals surface area contributed by atoms with E-state index in [0.29, 0.717) is 28.6 Å². The molecule has 1 aliphatic heterocycles. The number of aliphatic hydroxyl groups excluding tert-OH is 1. The van der Waals surface area contributed by atoms with Gasteiger partial charge >= 0.3 is 0 Å². The lowest BCUT2D eigenvalue weighted by molar-refractivity contribution is 0.102. The fourth-order valence-electron chi connectivity index (χ4n) is 4.36. The van der Waals surface area contributed by atoms with Crippen molar-refractivity contribution in [2.45, 2.75) is 75.4 Å². The zero-order chi connectivity index (χ0) is 24.7. The number of carbonyl (C=O) groups is 1. The number of rotatable bonds is 8. The van der Waals surface area contributed by atoms with Gasteiger partial charge in [-0.15, -0.1) is 0 Å². The molecular formula is C25H35N7O2S. The highest BCUT2D eigenvalue weighted by molar-refractivity contribution is 7.97. The standard InChI is InChI=1S/C25H35N7O2S/c1-23(2,3)31-35-19-6-4-5-17(27-19)29-22(34)20-21(32-13-11-24(7-8-24)12-14-32)28-18(15-26-20)30-25(16-33)9-10-25/h4-6,15,31,33H,7-14,16H2,1-3H3,(H,28,30)(H,27,29,34). The van der Waals surface area contributed by atoms with Gasteiger partial charge in [-0.3, -0.25) is 9.52 Å². The van der Waals surface area contributed by atoms with E-state index in [1.54, 1.807) is 12.3 Å². The highest BCUT2D eigenvalue weighted by Gasteiger charge is 2.45. The summed E-state index contributed by atoms with van der Waals surface area (Å²) in [4.78, 5) is 29.4. The Kier molecular flexibility index (Phi) is 6.39. The third-order valence-corrected chi connectivity index (χ3v) is 8.18. The molecule has 2 aliphatic carbocycles. The van der Waals surface area contributed by atoms with E-state index in [4.69, 9.17) is 4.98 Å². The molecule has 9 nitrogen and oxygen atoms in total. The number of amides is 1. The molecule has 2 aromatic rings. The van der Waals surface area contributed by atoms with Gasteiger partial charge in [0.05, 0.1) is 18.3 Å². The first kappa shape index (κ1) is 24.3. The van der Waals surface area contributed by atoms with Gasteiger partial charge in [0, 0.05) is 18.6 Å². The number of piperidine rings is 1. The molecular weight excluding hydrogens is 462 g/mol. The maximum atomic E-state index is 13.3. The Morgan fingerprint density at radius 1 is 1.09 bits per heavy atom. The molecule has 5 rings (SSSR count). The molecule has 2 saturated carbocycles. The molecule has 1 saturated heterocycles. The number of aliphatic hydroxyl groups is 1. The maximum Gasteiger partial charge on any atom is 0.279 e. The van der Waals surface area contributed by atoms with Crippen LogP contribution in [-0.2, 0) is 0 Å². The predicted octanol–water partition coefficient (Wildman–Crippen LogP) is 3.84. The lowest BCUT2D eigenvalue weighted by Crippen LogP contribution is -2.37. The van der Waals surface area contributed by atoms with Crippen LogP contribution in [0.3, 0.4) is 0 Å². The van der Waals surface area contributed by atoms with Crippen molar-refractivity contribution in [2.24, 2.45) is 5.41 Å². The number of nitrogens with one attached hydrogen (secondary N) is 3. The summed E-state index contributed by atoms with van der Waals surface area (Å²) in [5.41, 5.74) is 0.442. The van der Waals surface area contributed by atoms with Crippen LogP contribution in [0.2, 0.25) is 0 Å². The number of anilines is 3. The molecule has 3 fully saturated rings. The summed E-state index contributed by atoms with van der Waals surface area (Å²) in [7, 11) is 0. The number of hydrogen-bond acceptors (Lipinski definition) is 9. The average molecular weight is 498 g/mol. The van der Waals surface area contributed by atoms with Gasteiger partial charge < -0.3 is 20.6 Å². The van der Waals surface area contributed by atoms with E-state index in [2.05, 4.69) is 51.0 Å². The molecule has 1 spiro atoms. The fourth-order valence-corrected chi connectivity index (χ4v) is 5.06. The zero-order valence-electron chi connectivity index (χ0n) is 20.7. The van der Waals surface area contributed by atoms with Crippen molar-refractivity contribution < 1.29 is 9.90 Å². The Morgan fingerprint density at radius 3 is 2.46 bits per heavy atom. The van der Waals surface area contributed by atoms with Crippen LogP contribution in [0.5, 0.6) is 0 Å². The number of nitrogens with zero attached hydrogens (tertiary/aromatic N) is 4. The van der Waals surface area contributed by atoms with Crippen molar-refractivity contribution in [2.75, 3.05) is 35.2 Å². The minimum absolute atomic E-state index is 0.0581. The van der Waals surface area contributed by atoms with Crippen molar-refractivity contribution in [3.63, 3.8) is 0 Å². The highest BCUT2D eigenvalue weighted by atomic mass is 32.2. The summed E-state index contributed by atoms with van der Waals surface area (Å²) in [6.45, 7) is 8.05. The van der Waals surface area contributed by atoms with E-state index in [9.17, 15) is 9.90 Å². The van der Waals surface area contributed by atoms with E-state index in [-0.39, 0.29) is 23.6 Å². The third-order valence-electron chi connectivity index (χ3n) is 7.03. The molecule has 0 radical (unpaired) electrons. The van der Waals surface area contributed by atoms with Gasteiger partial charge in [0.2, 0.25) is 0 Å². The van der Waals surface area contributed by atoms with Crippen molar-refractivity contribution >= 4 is 35.3 Å². The van der Waals surface area contributed by atoms with Crippen molar-refractivity contribution in [3.8, 4) is 0 Å². The number of aromatic nitrogens is 3. The summed E-state index contributed by atoms with van der Waals surface area (Å²) in [5.74, 6) is 1.34. The first-order valence-electron chi connectivity index (χ1n) is 12.4. The van der Waals surface area contributed by atoms with Crippen molar-refractivity contribution in [1.29, 1.82) is 0 Å². The van der Waals surface area contributed by atoms with Crippen molar-refractivity contribution in [1.82, 2.24) is 19.7 Å². The Bertz CT molecular complexity index is 1090. The quantitative estimate of drug-likeness (QED) is 0.404. The molecule has 3 aliphatic rings. The highest BCUT2D eigenvalue weighted by Crippen LogP contribution is 2.54. The molecule has 0 aromatic carbocycles. The van der Waals surface area contributed by atoms with Crippen LogP contribution in [-0.4, -0.2) is 56.7 Å². The minimum atomic E-state index is -0.326. The SMILES string of the molecule is CC(C)(C)NSc1cccc(NC(=O)c2ncc(NC3(CO)CC3)nc2N2CCC3(CC2)CC3)n1. The summed E-state index contributed by atoms with van der Waals surface area (Å²) in [6, 6.07) is 5.55. The second-order valence-electron chi connectivity index (χ2n) is 11.2. The third kappa shape index (κ3) is 5.87. The normalized spacial score (nSPS) is 19.9. The predicted molar refractivity (Wildman–Crippen MR) is 139 cm³/mol. The smallest absolute Gasteiger partial charge is 0.279 e. The van der Waals surface area contributed by atoms with Crippen molar-refractivity contribution in [3.05, 3.63) is 30.1 Å². The van der Waals surface area contributed by atoms with Gasteiger partial charge in [0.25, 0.3) is 5.91 Å². The van der Waals surface area contributed by atoms with Crippen LogP contribution < -0.4 is 20.3 Å². The average Bonchev–Trinajstić information content (AvgIpc) is 3.76. The van der Waals surface area contributed by atoms with E-state index in [1.807, 2.05) is 12.1 Å². The van der Waals surface area contributed by atoms with Crippen LogP contribution >= 0.6 is 11.9 Å². The van der Waals surface area contributed by atoms with Gasteiger partial charge in [-0.1, -0.05) is 6.07 Å². The second kappa shape index (κ2) is 9.22. The first-order valence-corrected chi connectivity index (χ1v) is 13.2. The monoisotopic (exact) mass is 497 g/mol. The Balaban J connectivity index is 1.35.